The highest BCUT2D eigenvalue weighted by Crippen LogP contribution is 2.21. The molecule has 3 aromatic rings. The van der Waals surface area contributed by atoms with E-state index in [1.165, 1.54) is 11.1 Å². The van der Waals surface area contributed by atoms with Gasteiger partial charge in [-0.2, -0.15) is 9.67 Å². The summed E-state index contributed by atoms with van der Waals surface area (Å²) in [6, 6.07) is 26.3. The third-order valence-electron chi connectivity index (χ3n) is 4.81. The maximum atomic E-state index is 12.5. The lowest BCUT2D eigenvalue weighted by Crippen LogP contribution is -2.41. The van der Waals surface area contributed by atoms with Gasteiger partial charge >= 0.3 is 5.91 Å². The van der Waals surface area contributed by atoms with E-state index in [0.717, 1.165) is 12.3 Å². The van der Waals surface area contributed by atoms with E-state index in [2.05, 4.69) is 53.8 Å². The minimum atomic E-state index is -0.145. The number of carbonyl (C=O) groups is 1. The van der Waals surface area contributed by atoms with Gasteiger partial charge in [0.25, 0.3) is 0 Å². The second-order valence-corrected chi connectivity index (χ2v) is 7.57. The Hall–Kier alpha value is -3.31. The van der Waals surface area contributed by atoms with Crippen molar-refractivity contribution < 1.29 is 9.36 Å². The van der Waals surface area contributed by atoms with Crippen molar-refractivity contribution >= 4 is 11.6 Å². The standard InChI is InChI=1S/C25H28N4O/c1-28(2)19-23(22-14-8-4-9-15-22)24(18-21-12-6-3-7-13-21)26-27-25(30)20-29-16-10-5-11-17-29/h3-17,23H,18-20H2,1-2H3/p+1/b26-24-. The summed E-state index contributed by atoms with van der Waals surface area (Å²) in [5, 5.41) is 4.62. The lowest BCUT2D eigenvalue weighted by atomic mass is 9.90. The van der Waals surface area contributed by atoms with Crippen LogP contribution in [0.15, 0.2) is 96.4 Å². The van der Waals surface area contributed by atoms with Crippen LogP contribution in [0.1, 0.15) is 17.0 Å². The fourth-order valence-electron chi connectivity index (χ4n) is 3.37. The summed E-state index contributed by atoms with van der Waals surface area (Å²) in [5.41, 5.74) is 6.08. The Morgan fingerprint density at radius 2 is 1.53 bits per heavy atom. The van der Waals surface area contributed by atoms with Gasteiger partial charge in [-0.05, 0) is 25.2 Å². The number of carbonyl (C=O) groups excluding carboxylic acids is 1. The molecule has 1 amide bonds. The third kappa shape index (κ3) is 6.64. The Bertz CT molecular complexity index is 941. The molecule has 3 rings (SSSR count). The van der Waals surface area contributed by atoms with Gasteiger partial charge in [-0.15, -0.1) is 0 Å². The maximum absolute atomic E-state index is 12.5. The molecule has 0 saturated heterocycles. The van der Waals surface area contributed by atoms with Crippen molar-refractivity contribution in [3.63, 3.8) is 0 Å². The van der Waals surface area contributed by atoms with Gasteiger partial charge < -0.3 is 4.90 Å². The Kier molecular flexibility index (Phi) is 7.86. The van der Waals surface area contributed by atoms with E-state index in [1.807, 2.05) is 71.6 Å². The number of pyridine rings is 1. The van der Waals surface area contributed by atoms with E-state index in [-0.39, 0.29) is 18.4 Å². The topological polar surface area (TPSA) is 48.6 Å². The van der Waals surface area contributed by atoms with Crippen LogP contribution in [0.2, 0.25) is 0 Å². The third-order valence-corrected chi connectivity index (χ3v) is 4.81. The molecule has 1 atom stereocenters. The number of hydrogen-bond acceptors (Lipinski definition) is 3. The van der Waals surface area contributed by atoms with Gasteiger partial charge in [0, 0.05) is 31.0 Å². The van der Waals surface area contributed by atoms with Crippen molar-refractivity contribution in [3.8, 4) is 0 Å². The van der Waals surface area contributed by atoms with Gasteiger partial charge in [-0.3, -0.25) is 4.79 Å². The number of nitrogens with zero attached hydrogens (tertiary/aromatic N) is 3. The monoisotopic (exact) mass is 401 g/mol. The molecule has 0 aliphatic heterocycles. The molecule has 1 aromatic heterocycles. The molecular weight excluding hydrogens is 372 g/mol. The van der Waals surface area contributed by atoms with Crippen LogP contribution in [-0.2, 0) is 17.8 Å². The summed E-state index contributed by atoms with van der Waals surface area (Å²) in [5.74, 6) is -0.0699. The molecule has 5 nitrogen and oxygen atoms in total. The van der Waals surface area contributed by atoms with Crippen LogP contribution in [0.4, 0.5) is 0 Å². The first kappa shape index (κ1) is 21.4. The van der Waals surface area contributed by atoms with Crippen LogP contribution in [0, 0.1) is 0 Å². The molecule has 0 spiro atoms. The van der Waals surface area contributed by atoms with Crippen molar-refractivity contribution in [2.24, 2.45) is 5.10 Å². The molecule has 0 saturated carbocycles. The number of benzene rings is 2. The van der Waals surface area contributed by atoms with Crippen LogP contribution in [0.25, 0.3) is 0 Å². The lowest BCUT2D eigenvalue weighted by Gasteiger charge is -2.23. The number of hydrogen-bond donors (Lipinski definition) is 1. The molecule has 1 unspecified atom stereocenters. The highest BCUT2D eigenvalue weighted by atomic mass is 16.2. The van der Waals surface area contributed by atoms with Crippen LogP contribution in [0.3, 0.4) is 0 Å². The maximum Gasteiger partial charge on any atom is 0.305 e. The molecule has 5 heteroatoms. The predicted molar refractivity (Wildman–Crippen MR) is 120 cm³/mol. The smallest absolute Gasteiger partial charge is 0.305 e. The molecule has 1 heterocycles. The number of nitrogens with one attached hydrogen (secondary N) is 1. The number of aromatic nitrogens is 1. The molecule has 154 valence electrons. The molecule has 0 fully saturated rings. The number of rotatable bonds is 9. The molecule has 30 heavy (non-hydrogen) atoms. The van der Waals surface area contributed by atoms with E-state index < -0.39 is 0 Å². The summed E-state index contributed by atoms with van der Waals surface area (Å²) in [6.07, 6.45) is 4.41. The van der Waals surface area contributed by atoms with Crippen molar-refractivity contribution in [2.75, 3.05) is 20.6 Å². The second-order valence-electron chi connectivity index (χ2n) is 7.57. The van der Waals surface area contributed by atoms with Crippen molar-refractivity contribution in [3.05, 3.63) is 102 Å². The first-order valence-corrected chi connectivity index (χ1v) is 10.1. The fraction of sp³-hybridized carbons (Fsp3) is 0.240. The van der Waals surface area contributed by atoms with E-state index in [1.54, 1.807) is 0 Å². The molecular formula is C25H29N4O+. The summed E-state index contributed by atoms with van der Waals surface area (Å²) in [4.78, 5) is 14.7. The summed E-state index contributed by atoms with van der Waals surface area (Å²) in [6.45, 7) is 1.03. The summed E-state index contributed by atoms with van der Waals surface area (Å²) in [7, 11) is 4.11. The zero-order chi connectivity index (χ0) is 21.2. The number of amides is 1. The van der Waals surface area contributed by atoms with Crippen LogP contribution < -0.4 is 9.99 Å². The quantitative estimate of drug-likeness (QED) is 0.340. The largest absolute Gasteiger partial charge is 0.308 e. The van der Waals surface area contributed by atoms with E-state index in [0.29, 0.717) is 6.42 Å². The zero-order valence-electron chi connectivity index (χ0n) is 17.6. The number of likely N-dealkylation sites (N-methyl/N-ethyl adjacent to an activating group) is 1. The van der Waals surface area contributed by atoms with E-state index in [4.69, 9.17) is 0 Å². The number of hydrazone groups is 1. The molecule has 0 aliphatic carbocycles. The van der Waals surface area contributed by atoms with E-state index >= 15 is 0 Å². The van der Waals surface area contributed by atoms with Gasteiger partial charge in [0.15, 0.2) is 12.4 Å². The van der Waals surface area contributed by atoms with Gasteiger partial charge in [0.1, 0.15) is 0 Å². The molecule has 1 N–H and O–H groups in total. The second kappa shape index (κ2) is 11.0. The van der Waals surface area contributed by atoms with Crippen LogP contribution >= 0.6 is 0 Å². The predicted octanol–water partition coefficient (Wildman–Crippen LogP) is 3.03. The zero-order valence-corrected chi connectivity index (χ0v) is 17.6. The summed E-state index contributed by atoms with van der Waals surface area (Å²) < 4.78 is 1.83. The van der Waals surface area contributed by atoms with Gasteiger partial charge in [-0.25, -0.2) is 5.43 Å². The molecule has 0 bridgehead atoms. The first-order valence-electron chi connectivity index (χ1n) is 10.1. The highest BCUT2D eigenvalue weighted by molar-refractivity contribution is 5.93. The Labute approximate surface area is 178 Å². The van der Waals surface area contributed by atoms with Gasteiger partial charge in [0.2, 0.25) is 6.54 Å². The minimum Gasteiger partial charge on any atom is -0.308 e. The van der Waals surface area contributed by atoms with Crippen molar-refractivity contribution in [1.29, 1.82) is 0 Å². The Morgan fingerprint density at radius 1 is 0.933 bits per heavy atom. The lowest BCUT2D eigenvalue weighted by molar-refractivity contribution is -0.684. The van der Waals surface area contributed by atoms with Crippen LogP contribution in [-0.4, -0.2) is 37.2 Å². The van der Waals surface area contributed by atoms with Gasteiger partial charge in [-0.1, -0.05) is 66.7 Å². The molecule has 0 aliphatic rings. The minimum absolute atomic E-state index is 0.0751. The van der Waals surface area contributed by atoms with E-state index in [9.17, 15) is 4.79 Å². The molecule has 2 aromatic carbocycles. The fourth-order valence-corrected chi connectivity index (χ4v) is 3.37. The highest BCUT2D eigenvalue weighted by Gasteiger charge is 2.21. The van der Waals surface area contributed by atoms with Crippen molar-refractivity contribution in [1.82, 2.24) is 10.3 Å². The van der Waals surface area contributed by atoms with Crippen LogP contribution in [0.5, 0.6) is 0 Å². The van der Waals surface area contributed by atoms with Gasteiger partial charge in [0.05, 0.1) is 5.71 Å². The average Bonchev–Trinajstić information content (AvgIpc) is 2.77. The SMILES string of the molecule is CN(C)CC(/C(Cc1ccccc1)=N\NC(=O)C[n+]1ccccc1)c1ccccc1. The first-order chi connectivity index (χ1) is 14.6. The Balaban J connectivity index is 1.85. The molecule has 0 radical (unpaired) electrons. The van der Waals surface area contributed by atoms with Crippen molar-refractivity contribution in [2.45, 2.75) is 18.9 Å². The normalized spacial score (nSPS) is 12.6. The Morgan fingerprint density at radius 3 is 2.17 bits per heavy atom. The average molecular weight is 402 g/mol. The summed E-state index contributed by atoms with van der Waals surface area (Å²) >= 11 is 0.